The Morgan fingerprint density at radius 1 is 1.03 bits per heavy atom. The SMILES string of the molecule is Cl.N[C@@H]1CN(CC(=O)NCc2cccc(C(=O)NC3CC3)c2)C[C@H]1c1ccccc1. The monoisotopic (exact) mass is 428 g/mol. The lowest BCUT2D eigenvalue weighted by molar-refractivity contribution is -0.122. The molecule has 30 heavy (non-hydrogen) atoms. The maximum Gasteiger partial charge on any atom is 0.251 e. The number of carbonyl (C=O) groups is 2. The van der Waals surface area contributed by atoms with Crippen LogP contribution >= 0.6 is 12.4 Å². The largest absolute Gasteiger partial charge is 0.351 e. The summed E-state index contributed by atoms with van der Waals surface area (Å²) in [6.45, 7) is 2.24. The van der Waals surface area contributed by atoms with E-state index >= 15 is 0 Å². The summed E-state index contributed by atoms with van der Waals surface area (Å²) in [5.74, 6) is 0.183. The molecule has 0 bridgehead atoms. The molecule has 2 atom stereocenters. The van der Waals surface area contributed by atoms with E-state index in [0.717, 1.165) is 24.9 Å². The number of benzene rings is 2. The van der Waals surface area contributed by atoms with Crippen LogP contribution in [0.3, 0.4) is 0 Å². The van der Waals surface area contributed by atoms with Crippen LogP contribution in [-0.2, 0) is 11.3 Å². The van der Waals surface area contributed by atoms with Crippen LogP contribution in [0.5, 0.6) is 0 Å². The minimum atomic E-state index is -0.0429. The Kier molecular flexibility index (Phi) is 7.48. The first-order valence-corrected chi connectivity index (χ1v) is 10.3. The van der Waals surface area contributed by atoms with Gasteiger partial charge in [0.2, 0.25) is 5.91 Å². The number of amides is 2. The molecule has 1 heterocycles. The lowest BCUT2D eigenvalue weighted by Gasteiger charge is -2.16. The maximum absolute atomic E-state index is 12.4. The molecule has 2 aromatic rings. The van der Waals surface area contributed by atoms with E-state index < -0.39 is 0 Å². The molecular formula is C23H29ClN4O2. The number of halogens is 1. The average Bonchev–Trinajstić information content (AvgIpc) is 3.47. The van der Waals surface area contributed by atoms with E-state index in [0.29, 0.717) is 31.2 Å². The number of hydrogen-bond acceptors (Lipinski definition) is 4. The molecule has 6 nitrogen and oxygen atoms in total. The number of rotatable bonds is 7. The lowest BCUT2D eigenvalue weighted by Crippen LogP contribution is -2.37. The van der Waals surface area contributed by atoms with Crippen molar-refractivity contribution in [3.05, 3.63) is 71.3 Å². The highest BCUT2D eigenvalue weighted by Gasteiger charge is 2.32. The van der Waals surface area contributed by atoms with E-state index in [1.807, 2.05) is 36.4 Å². The highest BCUT2D eigenvalue weighted by molar-refractivity contribution is 5.94. The fourth-order valence-corrected chi connectivity index (χ4v) is 3.87. The number of nitrogens with one attached hydrogen (secondary N) is 2. The summed E-state index contributed by atoms with van der Waals surface area (Å²) in [7, 11) is 0. The number of carbonyl (C=O) groups excluding carboxylic acids is 2. The molecule has 2 aliphatic rings. The molecular weight excluding hydrogens is 400 g/mol. The Balaban J connectivity index is 0.00000256. The van der Waals surface area contributed by atoms with Gasteiger partial charge in [-0.1, -0.05) is 42.5 Å². The van der Waals surface area contributed by atoms with Crippen LogP contribution in [0.2, 0.25) is 0 Å². The molecule has 0 aromatic heterocycles. The van der Waals surface area contributed by atoms with E-state index in [4.69, 9.17) is 5.73 Å². The molecule has 2 fully saturated rings. The molecule has 0 spiro atoms. The smallest absolute Gasteiger partial charge is 0.251 e. The predicted octanol–water partition coefficient (Wildman–Crippen LogP) is 2.04. The van der Waals surface area contributed by atoms with E-state index in [2.05, 4.69) is 27.7 Å². The van der Waals surface area contributed by atoms with Gasteiger partial charge in [0.05, 0.1) is 6.54 Å². The van der Waals surface area contributed by atoms with Crippen molar-refractivity contribution in [2.24, 2.45) is 5.73 Å². The summed E-state index contributed by atoms with van der Waals surface area (Å²) in [6, 6.07) is 18.0. The van der Waals surface area contributed by atoms with Crippen LogP contribution in [0.25, 0.3) is 0 Å². The summed E-state index contributed by atoms with van der Waals surface area (Å²) in [6.07, 6.45) is 2.12. The van der Waals surface area contributed by atoms with Crippen molar-refractivity contribution in [2.75, 3.05) is 19.6 Å². The quantitative estimate of drug-likeness (QED) is 0.629. The third kappa shape index (κ3) is 5.81. The predicted molar refractivity (Wildman–Crippen MR) is 120 cm³/mol. The minimum absolute atomic E-state index is 0. The molecule has 1 aliphatic carbocycles. The van der Waals surface area contributed by atoms with Gasteiger partial charge in [-0.2, -0.15) is 0 Å². The van der Waals surface area contributed by atoms with Gasteiger partial charge >= 0.3 is 0 Å². The van der Waals surface area contributed by atoms with Crippen molar-refractivity contribution in [2.45, 2.75) is 37.4 Å². The van der Waals surface area contributed by atoms with Gasteiger partial charge in [-0.25, -0.2) is 0 Å². The zero-order valence-electron chi connectivity index (χ0n) is 16.9. The Morgan fingerprint density at radius 3 is 2.53 bits per heavy atom. The normalized spacial score (nSPS) is 21.0. The standard InChI is InChI=1S/C23H28N4O2.ClH/c24-21-14-27(13-20(21)17-6-2-1-3-7-17)15-22(28)25-12-16-5-4-8-18(11-16)23(29)26-19-9-10-19;/h1-8,11,19-21H,9-10,12-15,24H2,(H,25,28)(H,26,29);1H/t20-,21+;/m0./s1. The minimum Gasteiger partial charge on any atom is -0.351 e. The number of likely N-dealkylation sites (tertiary alicyclic amines) is 1. The van der Waals surface area contributed by atoms with Gasteiger partial charge in [-0.3, -0.25) is 14.5 Å². The van der Waals surface area contributed by atoms with Crippen LogP contribution in [0.15, 0.2) is 54.6 Å². The maximum atomic E-state index is 12.4. The van der Waals surface area contributed by atoms with Gasteiger partial charge in [0.1, 0.15) is 0 Å². The highest BCUT2D eigenvalue weighted by Crippen LogP contribution is 2.26. The Hall–Kier alpha value is -2.41. The van der Waals surface area contributed by atoms with E-state index in [1.165, 1.54) is 5.56 Å². The molecule has 1 saturated heterocycles. The van der Waals surface area contributed by atoms with Gasteiger partial charge < -0.3 is 16.4 Å². The highest BCUT2D eigenvalue weighted by atomic mass is 35.5. The van der Waals surface area contributed by atoms with Gasteiger partial charge in [0.25, 0.3) is 5.91 Å². The molecule has 1 saturated carbocycles. The van der Waals surface area contributed by atoms with Crippen LogP contribution in [0.1, 0.15) is 40.2 Å². The van der Waals surface area contributed by atoms with Crippen LogP contribution in [0.4, 0.5) is 0 Å². The molecule has 160 valence electrons. The third-order valence-corrected chi connectivity index (χ3v) is 5.63. The first-order chi connectivity index (χ1) is 14.1. The molecule has 1 aliphatic heterocycles. The Morgan fingerprint density at radius 2 is 1.80 bits per heavy atom. The molecule has 0 unspecified atom stereocenters. The second-order valence-corrected chi connectivity index (χ2v) is 8.10. The van der Waals surface area contributed by atoms with Crippen molar-refractivity contribution in [1.29, 1.82) is 0 Å². The molecule has 2 aromatic carbocycles. The van der Waals surface area contributed by atoms with E-state index in [1.54, 1.807) is 6.07 Å². The summed E-state index contributed by atoms with van der Waals surface area (Å²) < 4.78 is 0. The van der Waals surface area contributed by atoms with Crippen LogP contribution in [0, 0.1) is 0 Å². The molecule has 4 N–H and O–H groups in total. The fourth-order valence-electron chi connectivity index (χ4n) is 3.87. The van der Waals surface area contributed by atoms with Crippen molar-refractivity contribution in [3.8, 4) is 0 Å². The van der Waals surface area contributed by atoms with Gasteiger partial charge in [0.15, 0.2) is 0 Å². The topological polar surface area (TPSA) is 87.5 Å². The molecule has 0 radical (unpaired) electrons. The van der Waals surface area contributed by atoms with Crippen LogP contribution < -0.4 is 16.4 Å². The van der Waals surface area contributed by atoms with E-state index in [9.17, 15) is 9.59 Å². The summed E-state index contributed by atoms with van der Waals surface area (Å²) in [5.41, 5.74) is 9.10. The molecule has 2 amide bonds. The second kappa shape index (κ2) is 10.1. The summed E-state index contributed by atoms with van der Waals surface area (Å²) >= 11 is 0. The van der Waals surface area contributed by atoms with Crippen molar-refractivity contribution < 1.29 is 9.59 Å². The first kappa shape index (κ1) is 22.3. The zero-order valence-corrected chi connectivity index (χ0v) is 17.7. The number of nitrogens with zero attached hydrogens (tertiary/aromatic N) is 1. The van der Waals surface area contributed by atoms with Gasteiger partial charge in [0, 0.05) is 43.2 Å². The third-order valence-electron chi connectivity index (χ3n) is 5.63. The van der Waals surface area contributed by atoms with Gasteiger partial charge in [-0.15, -0.1) is 12.4 Å². The second-order valence-electron chi connectivity index (χ2n) is 8.10. The lowest BCUT2D eigenvalue weighted by atomic mass is 9.95. The Bertz CT molecular complexity index is 873. The number of hydrogen-bond donors (Lipinski definition) is 3. The first-order valence-electron chi connectivity index (χ1n) is 10.3. The number of nitrogens with two attached hydrogens (primary N) is 1. The zero-order chi connectivity index (χ0) is 20.2. The van der Waals surface area contributed by atoms with Gasteiger partial charge in [-0.05, 0) is 36.1 Å². The summed E-state index contributed by atoms with van der Waals surface area (Å²) in [5, 5.41) is 5.95. The summed E-state index contributed by atoms with van der Waals surface area (Å²) in [4.78, 5) is 26.7. The van der Waals surface area contributed by atoms with E-state index in [-0.39, 0.29) is 36.2 Å². The van der Waals surface area contributed by atoms with Crippen molar-refractivity contribution in [1.82, 2.24) is 15.5 Å². The van der Waals surface area contributed by atoms with Crippen LogP contribution in [-0.4, -0.2) is 48.4 Å². The Labute approximate surface area is 183 Å². The fraction of sp³-hybridized carbons (Fsp3) is 0.391. The van der Waals surface area contributed by atoms with Crippen molar-refractivity contribution in [3.63, 3.8) is 0 Å². The van der Waals surface area contributed by atoms with Crippen molar-refractivity contribution >= 4 is 24.2 Å². The molecule has 4 rings (SSSR count). The molecule has 7 heteroatoms. The average molecular weight is 429 g/mol.